The first kappa shape index (κ1) is 14.1. The van der Waals surface area contributed by atoms with E-state index in [2.05, 4.69) is 62.0 Å². The standard InChI is InChI=1S/C17H24N4/c1-11-9-13(10-21-15(11)19-16(18)20-21)12-5-7-14(8-6-12)17(2,3)4/h5-8,11,13H,9-10H2,1-4H3,(H2,18,20). The first-order valence-corrected chi connectivity index (χ1v) is 7.65. The van der Waals surface area contributed by atoms with E-state index in [0.717, 1.165) is 18.8 Å². The van der Waals surface area contributed by atoms with Crippen LogP contribution in [0.4, 0.5) is 5.95 Å². The molecule has 4 heteroatoms. The van der Waals surface area contributed by atoms with Crippen LogP contribution in [0.25, 0.3) is 0 Å². The second-order valence-corrected chi connectivity index (χ2v) is 7.22. The predicted molar refractivity (Wildman–Crippen MR) is 85.3 cm³/mol. The first-order valence-electron chi connectivity index (χ1n) is 7.65. The largest absolute Gasteiger partial charge is 0.366 e. The molecule has 112 valence electrons. The average Bonchev–Trinajstić information content (AvgIpc) is 2.79. The second-order valence-electron chi connectivity index (χ2n) is 7.22. The lowest BCUT2D eigenvalue weighted by Crippen LogP contribution is -2.22. The Morgan fingerprint density at radius 1 is 1.19 bits per heavy atom. The zero-order valence-corrected chi connectivity index (χ0v) is 13.3. The van der Waals surface area contributed by atoms with Gasteiger partial charge >= 0.3 is 0 Å². The molecular weight excluding hydrogens is 260 g/mol. The summed E-state index contributed by atoms with van der Waals surface area (Å²) in [5, 5.41) is 4.32. The number of hydrogen-bond acceptors (Lipinski definition) is 3. The zero-order valence-electron chi connectivity index (χ0n) is 13.3. The number of aromatic nitrogens is 3. The monoisotopic (exact) mass is 284 g/mol. The Labute approximate surface area is 126 Å². The van der Waals surface area contributed by atoms with Gasteiger partial charge in [0.05, 0.1) is 0 Å². The van der Waals surface area contributed by atoms with Gasteiger partial charge in [0.1, 0.15) is 5.82 Å². The molecule has 1 aromatic heterocycles. The number of nitrogens with zero attached hydrogens (tertiary/aromatic N) is 3. The maximum atomic E-state index is 5.73. The first-order chi connectivity index (χ1) is 9.84. The summed E-state index contributed by atoms with van der Waals surface area (Å²) >= 11 is 0. The lowest BCUT2D eigenvalue weighted by molar-refractivity contribution is 0.382. The Hall–Kier alpha value is -1.84. The molecule has 2 aromatic rings. The van der Waals surface area contributed by atoms with E-state index in [4.69, 9.17) is 5.73 Å². The van der Waals surface area contributed by atoms with E-state index < -0.39 is 0 Å². The molecule has 0 spiro atoms. The number of nitrogens with two attached hydrogens (primary N) is 1. The maximum absolute atomic E-state index is 5.73. The summed E-state index contributed by atoms with van der Waals surface area (Å²) in [7, 11) is 0. The Kier molecular flexibility index (Phi) is 3.27. The number of hydrogen-bond donors (Lipinski definition) is 1. The summed E-state index contributed by atoms with van der Waals surface area (Å²) in [6, 6.07) is 9.04. The molecule has 1 aliphatic heterocycles. The van der Waals surface area contributed by atoms with Gasteiger partial charge in [-0.05, 0) is 23.0 Å². The molecule has 2 N–H and O–H groups in total. The Bertz CT molecular complexity index is 634. The van der Waals surface area contributed by atoms with Crippen molar-refractivity contribution in [3.63, 3.8) is 0 Å². The number of benzene rings is 1. The minimum atomic E-state index is 0.200. The number of fused-ring (bicyclic) bond motifs is 1. The van der Waals surface area contributed by atoms with E-state index in [-0.39, 0.29) is 5.41 Å². The molecule has 0 aliphatic carbocycles. The van der Waals surface area contributed by atoms with Crippen LogP contribution in [0.1, 0.15) is 62.9 Å². The molecule has 2 unspecified atom stereocenters. The van der Waals surface area contributed by atoms with Crippen molar-refractivity contribution in [1.29, 1.82) is 0 Å². The van der Waals surface area contributed by atoms with Gasteiger partial charge in [0.25, 0.3) is 0 Å². The van der Waals surface area contributed by atoms with Crippen LogP contribution in [0.15, 0.2) is 24.3 Å². The van der Waals surface area contributed by atoms with Crippen LogP contribution in [-0.2, 0) is 12.0 Å². The summed E-state index contributed by atoms with van der Waals surface area (Å²) in [6.45, 7) is 9.81. The summed E-state index contributed by atoms with van der Waals surface area (Å²) in [4.78, 5) is 4.34. The topological polar surface area (TPSA) is 56.7 Å². The third-order valence-corrected chi connectivity index (χ3v) is 4.44. The molecule has 2 heterocycles. The lowest BCUT2D eigenvalue weighted by atomic mass is 9.83. The summed E-state index contributed by atoms with van der Waals surface area (Å²) < 4.78 is 1.98. The molecule has 0 bridgehead atoms. The quantitative estimate of drug-likeness (QED) is 0.872. The number of nitrogen functional groups attached to an aromatic ring is 1. The minimum absolute atomic E-state index is 0.200. The van der Waals surface area contributed by atoms with E-state index in [9.17, 15) is 0 Å². The smallest absolute Gasteiger partial charge is 0.239 e. The molecule has 0 amide bonds. The zero-order chi connectivity index (χ0) is 15.2. The van der Waals surface area contributed by atoms with Gasteiger partial charge in [-0.3, -0.25) is 0 Å². The van der Waals surface area contributed by atoms with Gasteiger partial charge in [0, 0.05) is 18.4 Å². The molecule has 1 aliphatic rings. The Morgan fingerprint density at radius 3 is 2.48 bits per heavy atom. The third kappa shape index (κ3) is 2.67. The van der Waals surface area contributed by atoms with E-state index in [1.54, 1.807) is 0 Å². The van der Waals surface area contributed by atoms with E-state index in [0.29, 0.717) is 17.8 Å². The van der Waals surface area contributed by atoms with Crippen LogP contribution in [0, 0.1) is 0 Å². The van der Waals surface area contributed by atoms with E-state index in [1.807, 2.05) is 4.68 Å². The van der Waals surface area contributed by atoms with Gasteiger partial charge in [-0.25, -0.2) is 4.68 Å². The SMILES string of the molecule is CC1CC(c2ccc(C(C)(C)C)cc2)Cn2nc(N)nc21. The van der Waals surface area contributed by atoms with Crippen molar-refractivity contribution in [1.82, 2.24) is 14.8 Å². The third-order valence-electron chi connectivity index (χ3n) is 4.44. The number of anilines is 1. The van der Waals surface area contributed by atoms with Gasteiger partial charge in [0.15, 0.2) is 0 Å². The van der Waals surface area contributed by atoms with Crippen LogP contribution < -0.4 is 5.73 Å². The van der Waals surface area contributed by atoms with Crippen LogP contribution in [0.3, 0.4) is 0 Å². The minimum Gasteiger partial charge on any atom is -0.366 e. The van der Waals surface area contributed by atoms with Crippen LogP contribution in [0.2, 0.25) is 0 Å². The van der Waals surface area contributed by atoms with Crippen LogP contribution in [-0.4, -0.2) is 14.8 Å². The van der Waals surface area contributed by atoms with Crippen molar-refractivity contribution in [2.24, 2.45) is 0 Å². The molecule has 0 radical (unpaired) electrons. The predicted octanol–water partition coefficient (Wildman–Crippen LogP) is 3.45. The van der Waals surface area contributed by atoms with Crippen molar-refractivity contribution in [3.05, 3.63) is 41.2 Å². The fourth-order valence-corrected chi connectivity index (χ4v) is 3.18. The lowest BCUT2D eigenvalue weighted by Gasteiger charge is -2.28. The van der Waals surface area contributed by atoms with Crippen molar-refractivity contribution >= 4 is 5.95 Å². The van der Waals surface area contributed by atoms with Gasteiger partial charge in [-0.2, -0.15) is 4.98 Å². The highest BCUT2D eigenvalue weighted by molar-refractivity contribution is 5.30. The van der Waals surface area contributed by atoms with Crippen molar-refractivity contribution in [2.45, 2.75) is 57.9 Å². The highest BCUT2D eigenvalue weighted by Crippen LogP contribution is 2.36. The van der Waals surface area contributed by atoms with E-state index >= 15 is 0 Å². The fraction of sp³-hybridized carbons (Fsp3) is 0.529. The molecule has 4 nitrogen and oxygen atoms in total. The second kappa shape index (κ2) is 4.86. The van der Waals surface area contributed by atoms with Crippen molar-refractivity contribution in [3.8, 4) is 0 Å². The Balaban J connectivity index is 1.86. The van der Waals surface area contributed by atoms with Gasteiger partial charge in [0.2, 0.25) is 5.95 Å². The summed E-state index contributed by atoms with van der Waals surface area (Å²) in [6.07, 6.45) is 1.10. The van der Waals surface area contributed by atoms with Gasteiger partial charge < -0.3 is 5.73 Å². The van der Waals surface area contributed by atoms with Crippen LogP contribution >= 0.6 is 0 Å². The van der Waals surface area contributed by atoms with Crippen LogP contribution in [0.5, 0.6) is 0 Å². The number of rotatable bonds is 1. The summed E-state index contributed by atoms with van der Waals surface area (Å²) in [5.41, 5.74) is 8.69. The molecule has 0 fully saturated rings. The molecule has 2 atom stereocenters. The normalized spacial score (nSPS) is 22.1. The van der Waals surface area contributed by atoms with Gasteiger partial charge in [-0.15, -0.1) is 5.10 Å². The average molecular weight is 284 g/mol. The molecule has 0 saturated carbocycles. The summed E-state index contributed by atoms with van der Waals surface area (Å²) in [5.74, 6) is 2.30. The molecule has 21 heavy (non-hydrogen) atoms. The molecule has 1 aromatic carbocycles. The molecular formula is C17H24N4. The van der Waals surface area contributed by atoms with Gasteiger partial charge in [-0.1, -0.05) is 52.0 Å². The molecule has 0 saturated heterocycles. The van der Waals surface area contributed by atoms with Crippen molar-refractivity contribution in [2.75, 3.05) is 5.73 Å². The van der Waals surface area contributed by atoms with E-state index in [1.165, 1.54) is 11.1 Å². The highest BCUT2D eigenvalue weighted by Gasteiger charge is 2.28. The maximum Gasteiger partial charge on any atom is 0.239 e. The fourth-order valence-electron chi connectivity index (χ4n) is 3.18. The Morgan fingerprint density at radius 2 is 1.86 bits per heavy atom. The van der Waals surface area contributed by atoms with Crippen molar-refractivity contribution < 1.29 is 0 Å². The molecule has 3 rings (SSSR count). The highest BCUT2D eigenvalue weighted by atomic mass is 15.4.